The summed E-state index contributed by atoms with van der Waals surface area (Å²) in [5.41, 5.74) is 8.03. The molecule has 10 nitrogen and oxygen atoms in total. The van der Waals surface area contributed by atoms with E-state index in [0.29, 0.717) is 29.9 Å². The first-order chi connectivity index (χ1) is 17.3. The van der Waals surface area contributed by atoms with Gasteiger partial charge in [0.1, 0.15) is 0 Å². The van der Waals surface area contributed by atoms with Crippen molar-refractivity contribution < 1.29 is 8.91 Å². The van der Waals surface area contributed by atoms with Crippen molar-refractivity contribution in [1.29, 1.82) is 0 Å². The lowest BCUT2D eigenvalue weighted by molar-refractivity contribution is 0.362. The van der Waals surface area contributed by atoms with Crippen LogP contribution in [-0.2, 0) is 7.05 Å². The van der Waals surface area contributed by atoms with Crippen LogP contribution in [0.15, 0.2) is 58.1 Å². The Hall–Kier alpha value is -4.12. The summed E-state index contributed by atoms with van der Waals surface area (Å²) in [5, 5.41) is 4.01. The van der Waals surface area contributed by atoms with Gasteiger partial charge in [-0.3, -0.25) is 14.3 Å². The molecule has 4 heterocycles. The van der Waals surface area contributed by atoms with Crippen molar-refractivity contribution in [3.8, 4) is 22.6 Å². The van der Waals surface area contributed by atoms with E-state index in [1.807, 2.05) is 24.3 Å². The number of piperazine rings is 1. The highest BCUT2D eigenvalue weighted by molar-refractivity contribution is 5.62. The summed E-state index contributed by atoms with van der Waals surface area (Å²) < 4.78 is 21.0. The lowest BCUT2D eigenvalue weighted by atomic mass is 10.1. The van der Waals surface area contributed by atoms with E-state index in [1.165, 1.54) is 22.9 Å². The van der Waals surface area contributed by atoms with E-state index < -0.39 is 5.82 Å². The number of benzene rings is 1. The predicted molar refractivity (Wildman–Crippen MR) is 134 cm³/mol. The second-order valence-corrected chi connectivity index (χ2v) is 8.97. The van der Waals surface area contributed by atoms with Crippen LogP contribution in [0.2, 0.25) is 0 Å². The van der Waals surface area contributed by atoms with E-state index in [-0.39, 0.29) is 23.2 Å². The molecule has 0 amide bonds. The van der Waals surface area contributed by atoms with Gasteiger partial charge in [0.25, 0.3) is 5.56 Å². The fourth-order valence-corrected chi connectivity index (χ4v) is 4.35. The highest BCUT2D eigenvalue weighted by Gasteiger charge is 2.27. The smallest absolute Gasteiger partial charge is 0.255 e. The summed E-state index contributed by atoms with van der Waals surface area (Å²) in [7, 11) is 1.68. The molecule has 186 valence electrons. The molecule has 1 fully saturated rings. The third kappa shape index (κ3) is 4.44. The number of nitrogens with zero attached hydrogens (tertiary/aromatic N) is 7. The zero-order valence-corrected chi connectivity index (χ0v) is 20.3. The van der Waals surface area contributed by atoms with Gasteiger partial charge in [-0.15, -0.1) is 0 Å². The zero-order chi connectivity index (χ0) is 25.4. The molecule has 2 N–H and O–H groups in total. The molecule has 1 aromatic carbocycles. The number of anilines is 2. The first kappa shape index (κ1) is 23.6. The summed E-state index contributed by atoms with van der Waals surface area (Å²) in [4.78, 5) is 29.8. The number of aromatic nitrogens is 5. The van der Waals surface area contributed by atoms with Crippen LogP contribution in [-0.4, -0.2) is 50.4 Å². The average Bonchev–Trinajstić information content (AvgIpc) is 3.37. The van der Waals surface area contributed by atoms with Crippen molar-refractivity contribution in [2.45, 2.75) is 25.9 Å². The average molecular weight is 491 g/mol. The lowest BCUT2D eigenvalue weighted by Crippen LogP contribution is -2.53. The minimum Gasteiger partial charge on any atom is -0.368 e. The van der Waals surface area contributed by atoms with E-state index in [1.54, 1.807) is 14.0 Å². The molecule has 1 saturated heterocycles. The Morgan fingerprint density at radius 3 is 2.61 bits per heavy atom. The SMILES string of the molecule is C[C@H](N)c1nc(-c2ccc(N3CCN(c4nc(-c5ccncc5F)cc(=O)n4C)[C@H](C)C3)cc2)no1. The van der Waals surface area contributed by atoms with E-state index in [0.717, 1.165) is 30.5 Å². The molecule has 0 unspecified atom stereocenters. The van der Waals surface area contributed by atoms with Crippen molar-refractivity contribution in [2.24, 2.45) is 12.8 Å². The molecule has 0 radical (unpaired) electrons. The molecule has 1 aliphatic rings. The van der Waals surface area contributed by atoms with Crippen molar-refractivity contribution >= 4 is 11.6 Å². The molecule has 1 aliphatic heterocycles. The van der Waals surface area contributed by atoms with E-state index >= 15 is 0 Å². The maximum atomic E-state index is 14.3. The molecule has 11 heteroatoms. The molecular weight excluding hydrogens is 463 g/mol. The van der Waals surface area contributed by atoms with Gasteiger partial charge in [0, 0.05) is 61.8 Å². The van der Waals surface area contributed by atoms with Gasteiger partial charge >= 0.3 is 0 Å². The van der Waals surface area contributed by atoms with Crippen LogP contribution >= 0.6 is 0 Å². The van der Waals surface area contributed by atoms with Crippen LogP contribution in [0.5, 0.6) is 0 Å². The minimum atomic E-state index is -0.514. The van der Waals surface area contributed by atoms with Crippen LogP contribution < -0.4 is 21.1 Å². The maximum absolute atomic E-state index is 14.3. The fraction of sp³-hybridized carbons (Fsp3) is 0.320. The summed E-state index contributed by atoms with van der Waals surface area (Å²) in [6.45, 7) is 5.97. The molecule has 0 aliphatic carbocycles. The normalized spacial score (nSPS) is 16.9. The Kier molecular flexibility index (Phi) is 6.23. The molecule has 0 saturated carbocycles. The Bertz CT molecular complexity index is 1430. The highest BCUT2D eigenvalue weighted by Crippen LogP contribution is 2.27. The van der Waals surface area contributed by atoms with Crippen molar-refractivity contribution in [1.82, 2.24) is 24.7 Å². The van der Waals surface area contributed by atoms with Gasteiger partial charge in [0.15, 0.2) is 5.82 Å². The number of rotatable bonds is 5. The standard InChI is InChI=1S/C25H27FN8O2/c1-15-14-33(18-6-4-17(5-7-18)23-30-24(16(2)27)36-31-23)10-11-34(15)25-29-21(12-22(35)32(25)3)19-8-9-28-13-20(19)26/h4-9,12-13,15-16H,10-11,14,27H2,1-3H3/t15-,16+/m1/s1. The van der Waals surface area contributed by atoms with E-state index in [2.05, 4.69) is 36.8 Å². The first-order valence-corrected chi connectivity index (χ1v) is 11.7. The van der Waals surface area contributed by atoms with Crippen LogP contribution in [0, 0.1) is 5.82 Å². The molecule has 0 spiro atoms. The third-order valence-corrected chi connectivity index (χ3v) is 6.37. The van der Waals surface area contributed by atoms with Gasteiger partial charge in [-0.2, -0.15) is 4.98 Å². The summed E-state index contributed by atoms with van der Waals surface area (Å²) in [5.74, 6) is 0.903. The van der Waals surface area contributed by atoms with Crippen molar-refractivity contribution in [3.05, 3.63) is 70.9 Å². The largest absolute Gasteiger partial charge is 0.368 e. The van der Waals surface area contributed by atoms with Gasteiger partial charge in [-0.25, -0.2) is 9.37 Å². The summed E-state index contributed by atoms with van der Waals surface area (Å²) >= 11 is 0. The molecule has 0 bridgehead atoms. The topological polar surface area (TPSA) is 119 Å². The third-order valence-electron chi connectivity index (χ3n) is 6.37. The lowest BCUT2D eigenvalue weighted by Gasteiger charge is -2.42. The molecule has 4 aromatic rings. The Morgan fingerprint density at radius 1 is 1.17 bits per heavy atom. The number of pyridine rings is 1. The fourth-order valence-electron chi connectivity index (χ4n) is 4.35. The number of halogens is 1. The van der Waals surface area contributed by atoms with Crippen LogP contribution in [0.1, 0.15) is 25.8 Å². The monoisotopic (exact) mass is 490 g/mol. The number of hydrogen-bond acceptors (Lipinski definition) is 9. The second-order valence-electron chi connectivity index (χ2n) is 8.97. The molecular formula is C25H27FN8O2. The molecule has 2 atom stereocenters. The molecule has 5 rings (SSSR count). The van der Waals surface area contributed by atoms with E-state index in [9.17, 15) is 9.18 Å². The van der Waals surface area contributed by atoms with Gasteiger partial charge < -0.3 is 20.1 Å². The van der Waals surface area contributed by atoms with Crippen LogP contribution in [0.3, 0.4) is 0 Å². The van der Waals surface area contributed by atoms with Gasteiger partial charge in [-0.1, -0.05) is 5.16 Å². The summed E-state index contributed by atoms with van der Waals surface area (Å²) in [6.07, 6.45) is 2.61. The number of nitrogens with two attached hydrogens (primary N) is 1. The van der Waals surface area contributed by atoms with Crippen LogP contribution in [0.25, 0.3) is 22.6 Å². The molecule has 3 aromatic heterocycles. The number of hydrogen-bond donors (Lipinski definition) is 1. The Labute approximate surface area is 207 Å². The predicted octanol–water partition coefficient (Wildman–Crippen LogP) is 2.77. The van der Waals surface area contributed by atoms with Gasteiger partial charge in [-0.05, 0) is 44.2 Å². The van der Waals surface area contributed by atoms with Gasteiger partial charge in [0.05, 0.1) is 17.9 Å². The molecule has 36 heavy (non-hydrogen) atoms. The van der Waals surface area contributed by atoms with Crippen molar-refractivity contribution in [3.63, 3.8) is 0 Å². The van der Waals surface area contributed by atoms with Crippen LogP contribution in [0.4, 0.5) is 16.0 Å². The Balaban J connectivity index is 1.35. The van der Waals surface area contributed by atoms with Crippen molar-refractivity contribution in [2.75, 3.05) is 29.4 Å². The van der Waals surface area contributed by atoms with E-state index in [4.69, 9.17) is 10.3 Å². The second kappa shape index (κ2) is 9.50. The quantitative estimate of drug-likeness (QED) is 0.450. The first-order valence-electron chi connectivity index (χ1n) is 11.7. The maximum Gasteiger partial charge on any atom is 0.255 e. The Morgan fingerprint density at radius 2 is 1.94 bits per heavy atom. The van der Waals surface area contributed by atoms with Gasteiger partial charge in [0.2, 0.25) is 17.7 Å². The summed E-state index contributed by atoms with van der Waals surface area (Å²) in [6, 6.07) is 10.6. The minimum absolute atomic E-state index is 0.0554. The highest BCUT2D eigenvalue weighted by atomic mass is 19.1. The zero-order valence-electron chi connectivity index (χ0n) is 20.3.